The highest BCUT2D eigenvalue weighted by Crippen LogP contribution is 2.34. The first kappa shape index (κ1) is 22.2. The molecule has 2 aromatic carbocycles. The highest BCUT2D eigenvalue weighted by atomic mass is 35.5. The van der Waals surface area contributed by atoms with E-state index in [-0.39, 0.29) is 16.4 Å². The van der Waals surface area contributed by atoms with Gasteiger partial charge in [0.15, 0.2) is 10.2 Å². The molecule has 1 aromatic heterocycles. The Balaban J connectivity index is 1.47. The normalized spacial score (nSPS) is 13.2. The molecular weight excluding hydrogens is 474 g/mol. The van der Waals surface area contributed by atoms with E-state index in [0.717, 1.165) is 30.6 Å². The molecule has 1 saturated heterocycles. The van der Waals surface area contributed by atoms with E-state index in [9.17, 15) is 14.9 Å². The summed E-state index contributed by atoms with van der Waals surface area (Å²) in [6.07, 6.45) is 1.98. The van der Waals surface area contributed by atoms with Crippen molar-refractivity contribution in [1.29, 1.82) is 0 Å². The van der Waals surface area contributed by atoms with Crippen LogP contribution in [0.25, 0.3) is 10.2 Å². The molecule has 2 heterocycles. The Bertz CT molecular complexity index is 1230. The highest BCUT2D eigenvalue weighted by molar-refractivity contribution is 7.80. The van der Waals surface area contributed by atoms with Gasteiger partial charge in [-0.3, -0.25) is 20.2 Å². The number of nitro benzene ring substituents is 1. The number of fused-ring (bicyclic) bond motifs is 1. The Morgan fingerprint density at radius 2 is 2.06 bits per heavy atom. The van der Waals surface area contributed by atoms with Gasteiger partial charge in [0.1, 0.15) is 11.4 Å². The van der Waals surface area contributed by atoms with Gasteiger partial charge in [0, 0.05) is 30.8 Å². The van der Waals surface area contributed by atoms with E-state index in [4.69, 9.17) is 28.6 Å². The number of carbonyl (C=O) groups is 1. The van der Waals surface area contributed by atoms with Crippen LogP contribution in [0, 0.1) is 10.1 Å². The second kappa shape index (κ2) is 9.23. The summed E-state index contributed by atoms with van der Waals surface area (Å²) in [5, 5.41) is 17.9. The molecule has 0 saturated carbocycles. The van der Waals surface area contributed by atoms with E-state index >= 15 is 0 Å². The van der Waals surface area contributed by atoms with Gasteiger partial charge in [0.2, 0.25) is 0 Å². The first-order valence-electron chi connectivity index (χ1n) is 9.65. The number of halogens is 1. The monoisotopic (exact) mass is 491 g/mol. The average Bonchev–Trinajstić information content (AvgIpc) is 3.41. The second-order valence-electron chi connectivity index (χ2n) is 7.04. The third kappa shape index (κ3) is 4.59. The Labute approximate surface area is 197 Å². The average molecular weight is 492 g/mol. The number of thiazole rings is 1. The number of ether oxygens (including phenoxy) is 1. The van der Waals surface area contributed by atoms with Gasteiger partial charge in [0.05, 0.1) is 27.3 Å². The molecule has 3 aromatic rings. The minimum Gasteiger partial charge on any atom is -0.495 e. The largest absolute Gasteiger partial charge is 0.495 e. The second-order valence-corrected chi connectivity index (χ2v) is 8.88. The molecule has 1 aliphatic rings. The van der Waals surface area contributed by atoms with Crippen LogP contribution in [0.4, 0.5) is 16.5 Å². The molecule has 32 heavy (non-hydrogen) atoms. The zero-order valence-corrected chi connectivity index (χ0v) is 19.3. The Morgan fingerprint density at radius 1 is 1.31 bits per heavy atom. The Morgan fingerprint density at radius 3 is 2.75 bits per heavy atom. The fourth-order valence-corrected chi connectivity index (χ4v) is 4.85. The molecule has 9 nitrogen and oxygen atoms in total. The van der Waals surface area contributed by atoms with E-state index in [1.54, 1.807) is 24.3 Å². The molecule has 0 spiro atoms. The number of anilines is 2. The summed E-state index contributed by atoms with van der Waals surface area (Å²) in [6.45, 7) is 1.53. The molecule has 0 unspecified atom stereocenters. The van der Waals surface area contributed by atoms with Crippen LogP contribution in [0.5, 0.6) is 5.75 Å². The number of carbonyl (C=O) groups excluding carboxylic acids is 1. The van der Waals surface area contributed by atoms with Gasteiger partial charge in [-0.2, -0.15) is 0 Å². The summed E-state index contributed by atoms with van der Waals surface area (Å²) in [5.41, 5.74) is 1.22. The molecule has 1 amide bonds. The predicted octanol–water partition coefficient (Wildman–Crippen LogP) is 4.59. The number of rotatable bonds is 5. The first-order valence-corrected chi connectivity index (χ1v) is 11.3. The lowest BCUT2D eigenvalue weighted by Gasteiger charge is -2.17. The van der Waals surface area contributed by atoms with Crippen LogP contribution in [0.1, 0.15) is 23.2 Å². The van der Waals surface area contributed by atoms with E-state index in [1.165, 1.54) is 24.5 Å². The molecule has 0 aliphatic carbocycles. The summed E-state index contributed by atoms with van der Waals surface area (Å²) in [5.74, 6) is -0.0198. The van der Waals surface area contributed by atoms with Gasteiger partial charge in [-0.1, -0.05) is 22.9 Å². The number of hydrogen-bond donors (Lipinski definition) is 2. The number of thiocarbonyl (C=S) groups is 1. The smallest absolute Gasteiger partial charge is 0.293 e. The summed E-state index contributed by atoms with van der Waals surface area (Å²) in [4.78, 5) is 30.1. The molecule has 0 radical (unpaired) electrons. The zero-order valence-electron chi connectivity index (χ0n) is 16.9. The lowest BCUT2D eigenvalue weighted by atomic mass is 10.1. The van der Waals surface area contributed by atoms with Gasteiger partial charge >= 0.3 is 0 Å². The minimum absolute atomic E-state index is 0.0263. The molecule has 4 rings (SSSR count). The van der Waals surface area contributed by atoms with Crippen LogP contribution in [-0.2, 0) is 0 Å². The predicted molar refractivity (Wildman–Crippen MR) is 129 cm³/mol. The maximum absolute atomic E-state index is 12.6. The van der Waals surface area contributed by atoms with E-state index in [0.29, 0.717) is 27.1 Å². The van der Waals surface area contributed by atoms with Gasteiger partial charge < -0.3 is 15.0 Å². The number of nitrogens with zero attached hydrogens (tertiary/aromatic N) is 3. The Hall–Kier alpha value is -3.02. The van der Waals surface area contributed by atoms with Crippen LogP contribution in [-0.4, -0.2) is 41.1 Å². The lowest BCUT2D eigenvalue weighted by molar-refractivity contribution is -0.384. The molecule has 166 valence electrons. The van der Waals surface area contributed by atoms with Crippen molar-refractivity contribution in [2.45, 2.75) is 12.8 Å². The van der Waals surface area contributed by atoms with Crippen molar-refractivity contribution in [3.05, 3.63) is 51.0 Å². The molecular formula is C20H18ClN5O4S2. The third-order valence-electron chi connectivity index (χ3n) is 4.99. The van der Waals surface area contributed by atoms with E-state index in [2.05, 4.69) is 15.6 Å². The topological polar surface area (TPSA) is 110 Å². The number of hydrogen-bond acceptors (Lipinski definition) is 8. The van der Waals surface area contributed by atoms with Crippen LogP contribution < -0.4 is 20.3 Å². The highest BCUT2D eigenvalue weighted by Gasteiger charge is 2.24. The maximum atomic E-state index is 12.6. The van der Waals surface area contributed by atoms with Crippen LogP contribution in [0.15, 0.2) is 30.3 Å². The molecule has 1 aliphatic heterocycles. The van der Waals surface area contributed by atoms with Crippen LogP contribution >= 0.6 is 35.2 Å². The SMILES string of the molecule is COc1cc2sc(NC(=S)NC(=O)c3ccc(N4CCCC4)c([N+](=O)[O-])c3)nc2cc1Cl. The summed E-state index contributed by atoms with van der Waals surface area (Å²) < 4.78 is 6.03. The standard InChI is InChI=1S/C20H18ClN5O4S2/c1-30-16-10-17-13(9-12(16)21)22-20(32-17)24-19(31)23-18(27)11-4-5-14(15(8-11)26(28)29)25-6-2-3-7-25/h4-5,8-10H,2-3,6-7H2,1H3,(H2,22,23,24,27,31). The number of benzene rings is 2. The first-order chi connectivity index (χ1) is 15.4. The van der Waals surface area contributed by atoms with Crippen molar-refractivity contribution in [2.24, 2.45) is 0 Å². The molecule has 0 atom stereocenters. The number of nitro groups is 1. The zero-order chi connectivity index (χ0) is 22.8. The molecule has 2 N–H and O–H groups in total. The third-order valence-corrected chi connectivity index (χ3v) is 6.42. The van der Waals surface area contributed by atoms with Crippen LogP contribution in [0.3, 0.4) is 0 Å². The molecule has 0 bridgehead atoms. The van der Waals surface area contributed by atoms with Crippen molar-refractivity contribution in [1.82, 2.24) is 10.3 Å². The molecule has 12 heteroatoms. The summed E-state index contributed by atoms with van der Waals surface area (Å²) in [6, 6.07) is 7.89. The summed E-state index contributed by atoms with van der Waals surface area (Å²) >= 11 is 12.7. The van der Waals surface area contributed by atoms with Gasteiger partial charge in [-0.25, -0.2) is 4.98 Å². The van der Waals surface area contributed by atoms with Crippen molar-refractivity contribution in [3.63, 3.8) is 0 Å². The maximum Gasteiger partial charge on any atom is 0.293 e. The van der Waals surface area contributed by atoms with Crippen molar-refractivity contribution in [3.8, 4) is 5.75 Å². The van der Waals surface area contributed by atoms with E-state index in [1.807, 2.05) is 4.90 Å². The van der Waals surface area contributed by atoms with Crippen LogP contribution in [0.2, 0.25) is 5.02 Å². The Kier molecular flexibility index (Phi) is 6.40. The number of aromatic nitrogens is 1. The molecule has 1 fully saturated rings. The van der Waals surface area contributed by atoms with E-state index < -0.39 is 10.8 Å². The van der Waals surface area contributed by atoms with Gasteiger partial charge in [-0.15, -0.1) is 0 Å². The number of methoxy groups -OCH3 is 1. The lowest BCUT2D eigenvalue weighted by Crippen LogP contribution is -2.34. The number of nitrogens with one attached hydrogen (secondary N) is 2. The fraction of sp³-hybridized carbons (Fsp3) is 0.250. The van der Waals surface area contributed by atoms with Crippen molar-refractivity contribution >= 4 is 72.9 Å². The number of amides is 1. The fourth-order valence-electron chi connectivity index (χ4n) is 3.48. The van der Waals surface area contributed by atoms with Crippen molar-refractivity contribution < 1.29 is 14.5 Å². The van der Waals surface area contributed by atoms with Gasteiger partial charge in [0.25, 0.3) is 11.6 Å². The summed E-state index contributed by atoms with van der Waals surface area (Å²) in [7, 11) is 1.53. The quantitative estimate of drug-likeness (QED) is 0.303. The van der Waals surface area contributed by atoms with Crippen molar-refractivity contribution in [2.75, 3.05) is 30.4 Å². The van der Waals surface area contributed by atoms with Gasteiger partial charge in [-0.05, 0) is 43.3 Å². The minimum atomic E-state index is -0.551.